The van der Waals surface area contributed by atoms with Crippen LogP contribution in [0.4, 0.5) is 5.95 Å². The number of aliphatic hydroxyl groups excluding tert-OH is 2. The highest BCUT2D eigenvalue weighted by atomic mass is 32.2. The Morgan fingerprint density at radius 1 is 1.12 bits per heavy atom. The SMILES string of the molecule is CCCCNc1ncc2c(-c3ccc(S(=O)(=O)NCCO)cc3)nn([C@H]3CC[C@H](O)CC3)c2n1. The number of aliphatic hydroxyl groups is 2. The normalized spacial score (nSPS) is 18.9. The van der Waals surface area contributed by atoms with Crippen LogP contribution in [0.1, 0.15) is 51.5 Å². The van der Waals surface area contributed by atoms with Gasteiger partial charge in [-0.05, 0) is 44.2 Å². The molecule has 0 spiro atoms. The van der Waals surface area contributed by atoms with E-state index in [1.807, 2.05) is 4.68 Å². The molecule has 0 saturated heterocycles. The van der Waals surface area contributed by atoms with Crippen molar-refractivity contribution in [2.75, 3.05) is 25.0 Å². The van der Waals surface area contributed by atoms with Crippen molar-refractivity contribution >= 4 is 27.0 Å². The summed E-state index contributed by atoms with van der Waals surface area (Å²) in [4.78, 5) is 9.36. The van der Waals surface area contributed by atoms with Crippen molar-refractivity contribution in [3.05, 3.63) is 30.5 Å². The van der Waals surface area contributed by atoms with Crippen LogP contribution in [0.15, 0.2) is 35.4 Å². The average molecular weight is 489 g/mol. The number of unbranched alkanes of at least 4 members (excludes halogenated alkanes) is 1. The predicted octanol–water partition coefficient (Wildman–Crippen LogP) is 2.45. The zero-order valence-electron chi connectivity index (χ0n) is 19.3. The van der Waals surface area contributed by atoms with Gasteiger partial charge in [-0.1, -0.05) is 25.5 Å². The lowest BCUT2D eigenvalue weighted by molar-refractivity contribution is 0.109. The van der Waals surface area contributed by atoms with E-state index < -0.39 is 10.0 Å². The monoisotopic (exact) mass is 488 g/mol. The first-order chi connectivity index (χ1) is 16.4. The summed E-state index contributed by atoms with van der Waals surface area (Å²) < 4.78 is 29.0. The Kier molecular flexibility index (Phi) is 7.77. The molecule has 0 aliphatic heterocycles. The fraction of sp³-hybridized carbons (Fsp3) is 0.522. The zero-order chi connectivity index (χ0) is 24.1. The number of hydrogen-bond donors (Lipinski definition) is 4. The molecular weight excluding hydrogens is 456 g/mol. The summed E-state index contributed by atoms with van der Waals surface area (Å²) in [5, 5.41) is 27.8. The summed E-state index contributed by atoms with van der Waals surface area (Å²) in [7, 11) is -3.69. The van der Waals surface area contributed by atoms with Gasteiger partial charge in [0.2, 0.25) is 16.0 Å². The number of anilines is 1. The van der Waals surface area contributed by atoms with E-state index in [1.165, 1.54) is 12.1 Å². The highest BCUT2D eigenvalue weighted by Crippen LogP contribution is 2.34. The van der Waals surface area contributed by atoms with Crippen LogP contribution in [0.5, 0.6) is 0 Å². The molecule has 10 nitrogen and oxygen atoms in total. The van der Waals surface area contributed by atoms with Gasteiger partial charge < -0.3 is 15.5 Å². The summed E-state index contributed by atoms with van der Waals surface area (Å²) in [5.41, 5.74) is 2.18. The summed E-state index contributed by atoms with van der Waals surface area (Å²) in [6.07, 6.45) is 6.66. The minimum absolute atomic E-state index is 0.0405. The molecular formula is C23H32N6O4S. The van der Waals surface area contributed by atoms with Crippen LogP contribution in [-0.2, 0) is 10.0 Å². The van der Waals surface area contributed by atoms with Gasteiger partial charge in [0, 0.05) is 24.8 Å². The van der Waals surface area contributed by atoms with Crippen molar-refractivity contribution in [2.24, 2.45) is 0 Å². The van der Waals surface area contributed by atoms with Crippen molar-refractivity contribution < 1.29 is 18.6 Å². The molecule has 0 radical (unpaired) electrons. The Morgan fingerprint density at radius 2 is 1.85 bits per heavy atom. The second-order valence-electron chi connectivity index (χ2n) is 8.61. The Morgan fingerprint density at radius 3 is 2.53 bits per heavy atom. The fourth-order valence-corrected chi connectivity index (χ4v) is 5.23. The standard InChI is InChI=1S/C23H32N6O4S/c1-2-3-12-24-23-25-15-20-21(16-4-10-19(11-5-16)34(32,33)26-13-14-30)28-29(22(20)27-23)17-6-8-18(31)9-7-17/h4-5,10-11,15,17-18,26,30-31H,2-3,6-9,12-14H2,1H3,(H,24,25,27)/t17-,18-. The Balaban J connectivity index is 1.70. The van der Waals surface area contributed by atoms with E-state index in [2.05, 4.69) is 21.9 Å². The quantitative estimate of drug-likeness (QED) is 0.319. The van der Waals surface area contributed by atoms with Crippen LogP contribution in [-0.4, -0.2) is 64.2 Å². The van der Waals surface area contributed by atoms with Gasteiger partial charge in [0.25, 0.3) is 0 Å². The molecule has 34 heavy (non-hydrogen) atoms. The van der Waals surface area contributed by atoms with Gasteiger partial charge >= 0.3 is 0 Å². The topological polar surface area (TPSA) is 142 Å². The van der Waals surface area contributed by atoms with Gasteiger partial charge in [-0.25, -0.2) is 22.8 Å². The van der Waals surface area contributed by atoms with Crippen molar-refractivity contribution in [3.8, 4) is 11.3 Å². The number of nitrogens with zero attached hydrogens (tertiary/aromatic N) is 4. The van der Waals surface area contributed by atoms with E-state index in [0.717, 1.165) is 61.7 Å². The molecule has 0 unspecified atom stereocenters. The summed E-state index contributed by atoms with van der Waals surface area (Å²) in [6, 6.07) is 6.62. The van der Waals surface area contributed by atoms with Crippen LogP contribution in [0.25, 0.3) is 22.3 Å². The molecule has 0 amide bonds. The van der Waals surface area contributed by atoms with E-state index in [1.54, 1.807) is 18.3 Å². The van der Waals surface area contributed by atoms with Crippen LogP contribution in [0, 0.1) is 0 Å². The van der Waals surface area contributed by atoms with Crippen LogP contribution < -0.4 is 10.0 Å². The third-order valence-corrected chi connectivity index (χ3v) is 7.59. The maximum Gasteiger partial charge on any atom is 0.240 e. The highest BCUT2D eigenvalue weighted by molar-refractivity contribution is 7.89. The van der Waals surface area contributed by atoms with Gasteiger partial charge in [0.05, 0.1) is 29.0 Å². The Hall–Kier alpha value is -2.60. The number of nitrogens with one attached hydrogen (secondary N) is 2. The van der Waals surface area contributed by atoms with Crippen LogP contribution >= 0.6 is 0 Å². The molecule has 1 fully saturated rings. The Bertz CT molecular complexity index is 1200. The molecule has 3 aromatic rings. The van der Waals surface area contributed by atoms with E-state index >= 15 is 0 Å². The minimum atomic E-state index is -3.69. The number of hydrogen-bond acceptors (Lipinski definition) is 8. The van der Waals surface area contributed by atoms with E-state index in [9.17, 15) is 13.5 Å². The molecule has 0 atom stereocenters. The molecule has 1 aromatic carbocycles. The molecule has 2 heterocycles. The van der Waals surface area contributed by atoms with Crippen molar-refractivity contribution in [3.63, 3.8) is 0 Å². The van der Waals surface area contributed by atoms with Gasteiger partial charge in [0.1, 0.15) is 5.69 Å². The first-order valence-electron chi connectivity index (χ1n) is 11.8. The summed E-state index contributed by atoms with van der Waals surface area (Å²) in [6.45, 7) is 2.61. The maximum absolute atomic E-state index is 12.3. The second-order valence-corrected chi connectivity index (χ2v) is 10.4. The highest BCUT2D eigenvalue weighted by Gasteiger charge is 2.26. The Labute approximate surface area is 199 Å². The number of aromatic nitrogens is 4. The number of rotatable bonds is 10. The van der Waals surface area contributed by atoms with Crippen LogP contribution in [0.2, 0.25) is 0 Å². The summed E-state index contributed by atoms with van der Waals surface area (Å²) in [5.74, 6) is 0.556. The number of fused-ring (bicyclic) bond motifs is 1. The molecule has 2 aromatic heterocycles. The fourth-order valence-electron chi connectivity index (χ4n) is 4.21. The van der Waals surface area contributed by atoms with E-state index in [4.69, 9.17) is 15.2 Å². The maximum atomic E-state index is 12.3. The van der Waals surface area contributed by atoms with E-state index in [0.29, 0.717) is 11.6 Å². The summed E-state index contributed by atoms with van der Waals surface area (Å²) >= 11 is 0. The average Bonchev–Trinajstić information content (AvgIpc) is 3.22. The molecule has 11 heteroatoms. The second kappa shape index (κ2) is 10.8. The molecule has 1 saturated carbocycles. The molecule has 4 N–H and O–H groups in total. The third kappa shape index (κ3) is 5.38. The smallest absolute Gasteiger partial charge is 0.240 e. The largest absolute Gasteiger partial charge is 0.395 e. The lowest BCUT2D eigenvalue weighted by Crippen LogP contribution is -2.26. The van der Waals surface area contributed by atoms with Gasteiger partial charge in [-0.3, -0.25) is 0 Å². The number of sulfonamides is 1. The van der Waals surface area contributed by atoms with Crippen molar-refractivity contribution in [2.45, 2.75) is 62.5 Å². The van der Waals surface area contributed by atoms with Crippen molar-refractivity contribution in [1.82, 2.24) is 24.5 Å². The first-order valence-corrected chi connectivity index (χ1v) is 13.3. The van der Waals surface area contributed by atoms with Crippen molar-refractivity contribution in [1.29, 1.82) is 0 Å². The first kappa shape index (κ1) is 24.5. The molecule has 0 bridgehead atoms. The lowest BCUT2D eigenvalue weighted by Gasteiger charge is -2.25. The van der Waals surface area contributed by atoms with Gasteiger partial charge in [-0.15, -0.1) is 0 Å². The molecule has 184 valence electrons. The molecule has 4 rings (SSSR count). The third-order valence-electron chi connectivity index (χ3n) is 6.12. The van der Waals surface area contributed by atoms with Gasteiger partial charge in [-0.2, -0.15) is 10.1 Å². The van der Waals surface area contributed by atoms with Gasteiger partial charge in [0.15, 0.2) is 5.65 Å². The minimum Gasteiger partial charge on any atom is -0.395 e. The van der Waals surface area contributed by atoms with Crippen LogP contribution in [0.3, 0.4) is 0 Å². The lowest BCUT2D eigenvalue weighted by atomic mass is 9.93. The molecule has 1 aliphatic rings. The molecule has 1 aliphatic carbocycles. The number of benzene rings is 1. The predicted molar refractivity (Wildman–Crippen MR) is 130 cm³/mol. The zero-order valence-corrected chi connectivity index (χ0v) is 20.1. The van der Waals surface area contributed by atoms with E-state index in [-0.39, 0.29) is 30.2 Å².